The maximum absolute atomic E-state index is 10.9. The van der Waals surface area contributed by atoms with E-state index in [1.54, 1.807) is 23.3 Å². The van der Waals surface area contributed by atoms with Crippen molar-refractivity contribution in [3.05, 3.63) is 18.7 Å². The SMILES string of the molecule is CCC([O])n1ccnc1. The minimum atomic E-state index is -0.660. The van der Waals surface area contributed by atoms with E-state index in [1.165, 1.54) is 0 Å². The summed E-state index contributed by atoms with van der Waals surface area (Å²) in [4.78, 5) is 3.75. The Hall–Kier alpha value is -0.830. The summed E-state index contributed by atoms with van der Waals surface area (Å²) < 4.78 is 1.56. The quantitative estimate of drug-likeness (QED) is 0.585. The Morgan fingerprint density at radius 1 is 1.78 bits per heavy atom. The smallest absolute Gasteiger partial charge is 0.169 e. The van der Waals surface area contributed by atoms with Crippen LogP contribution in [0.3, 0.4) is 0 Å². The van der Waals surface area contributed by atoms with Crippen molar-refractivity contribution >= 4 is 0 Å². The van der Waals surface area contributed by atoms with Gasteiger partial charge in [-0.05, 0) is 6.42 Å². The van der Waals surface area contributed by atoms with E-state index in [2.05, 4.69) is 4.98 Å². The lowest BCUT2D eigenvalue weighted by Crippen LogP contribution is -2.01. The van der Waals surface area contributed by atoms with E-state index >= 15 is 0 Å². The van der Waals surface area contributed by atoms with Crippen LogP contribution < -0.4 is 0 Å². The van der Waals surface area contributed by atoms with E-state index in [-0.39, 0.29) is 0 Å². The third kappa shape index (κ3) is 1.29. The van der Waals surface area contributed by atoms with Gasteiger partial charge < -0.3 is 4.57 Å². The first-order valence-corrected chi connectivity index (χ1v) is 2.98. The molecule has 1 heterocycles. The van der Waals surface area contributed by atoms with Gasteiger partial charge in [0.25, 0.3) is 0 Å². The Labute approximate surface area is 54.0 Å². The second kappa shape index (κ2) is 2.64. The summed E-state index contributed by atoms with van der Waals surface area (Å²) >= 11 is 0. The number of aromatic nitrogens is 2. The molecule has 1 aromatic rings. The van der Waals surface area contributed by atoms with E-state index in [0.717, 1.165) is 0 Å². The van der Waals surface area contributed by atoms with Gasteiger partial charge in [-0.25, -0.2) is 10.1 Å². The molecule has 0 saturated carbocycles. The van der Waals surface area contributed by atoms with Gasteiger partial charge in [0.15, 0.2) is 6.23 Å². The minimum absolute atomic E-state index is 0.607. The summed E-state index contributed by atoms with van der Waals surface area (Å²) in [6.07, 6.45) is 4.78. The van der Waals surface area contributed by atoms with Crippen molar-refractivity contribution in [2.75, 3.05) is 0 Å². The molecule has 0 amide bonds. The summed E-state index contributed by atoms with van der Waals surface area (Å²) in [6.45, 7) is 1.86. The van der Waals surface area contributed by atoms with Gasteiger partial charge in [-0.3, -0.25) is 0 Å². The van der Waals surface area contributed by atoms with Gasteiger partial charge in [0.1, 0.15) is 0 Å². The predicted molar refractivity (Wildman–Crippen MR) is 32.2 cm³/mol. The molecule has 0 bridgehead atoms. The molecule has 0 aliphatic heterocycles. The van der Waals surface area contributed by atoms with Crippen LogP contribution in [0.15, 0.2) is 18.7 Å². The van der Waals surface area contributed by atoms with Crippen LogP contribution in [-0.2, 0) is 5.11 Å². The highest BCUT2D eigenvalue weighted by Crippen LogP contribution is 2.04. The Balaban J connectivity index is 2.65. The number of imidazole rings is 1. The fourth-order valence-electron chi connectivity index (χ4n) is 0.651. The molecule has 0 aromatic carbocycles. The largest absolute Gasteiger partial charge is 0.308 e. The highest BCUT2D eigenvalue weighted by atomic mass is 16.3. The van der Waals surface area contributed by atoms with E-state index in [9.17, 15) is 5.11 Å². The maximum Gasteiger partial charge on any atom is 0.169 e. The molecular weight excluding hydrogens is 116 g/mol. The first-order valence-electron chi connectivity index (χ1n) is 2.98. The van der Waals surface area contributed by atoms with Crippen molar-refractivity contribution in [3.63, 3.8) is 0 Å². The average molecular weight is 125 g/mol. The molecule has 0 saturated heterocycles. The van der Waals surface area contributed by atoms with Crippen LogP contribution in [0.4, 0.5) is 0 Å². The van der Waals surface area contributed by atoms with Gasteiger partial charge in [0.05, 0.1) is 6.33 Å². The fourth-order valence-corrected chi connectivity index (χ4v) is 0.651. The molecule has 1 radical (unpaired) electrons. The lowest BCUT2D eigenvalue weighted by Gasteiger charge is -2.03. The van der Waals surface area contributed by atoms with Crippen molar-refractivity contribution in [2.45, 2.75) is 19.6 Å². The molecule has 0 N–H and O–H groups in total. The molecular formula is C6H9N2O. The molecule has 3 nitrogen and oxygen atoms in total. The monoisotopic (exact) mass is 125 g/mol. The fraction of sp³-hybridized carbons (Fsp3) is 0.500. The first kappa shape index (κ1) is 6.29. The van der Waals surface area contributed by atoms with Crippen molar-refractivity contribution < 1.29 is 5.11 Å². The topological polar surface area (TPSA) is 37.7 Å². The van der Waals surface area contributed by atoms with E-state index in [4.69, 9.17) is 0 Å². The predicted octanol–water partition coefficient (Wildman–Crippen LogP) is 1.22. The molecule has 0 aliphatic rings. The molecule has 1 unspecified atom stereocenters. The molecule has 1 atom stereocenters. The summed E-state index contributed by atoms with van der Waals surface area (Å²) in [6, 6.07) is 0. The van der Waals surface area contributed by atoms with Crippen LogP contribution in [0.2, 0.25) is 0 Å². The van der Waals surface area contributed by atoms with Gasteiger partial charge in [0, 0.05) is 12.4 Å². The summed E-state index contributed by atoms with van der Waals surface area (Å²) in [5.74, 6) is 0. The van der Waals surface area contributed by atoms with Crippen LogP contribution >= 0.6 is 0 Å². The number of hydrogen-bond donors (Lipinski definition) is 0. The van der Waals surface area contributed by atoms with E-state index < -0.39 is 6.23 Å². The molecule has 1 aromatic heterocycles. The van der Waals surface area contributed by atoms with Gasteiger partial charge >= 0.3 is 0 Å². The van der Waals surface area contributed by atoms with Crippen molar-refractivity contribution in [3.8, 4) is 0 Å². The Bertz CT molecular complexity index is 160. The third-order valence-corrected chi connectivity index (χ3v) is 1.21. The summed E-state index contributed by atoms with van der Waals surface area (Å²) in [5, 5.41) is 10.9. The van der Waals surface area contributed by atoms with Crippen molar-refractivity contribution in [2.24, 2.45) is 0 Å². The molecule has 0 fully saturated rings. The van der Waals surface area contributed by atoms with Crippen LogP contribution in [0.1, 0.15) is 19.6 Å². The lowest BCUT2D eigenvalue weighted by molar-refractivity contribution is 0.0237. The van der Waals surface area contributed by atoms with Gasteiger partial charge in [-0.2, -0.15) is 0 Å². The molecule has 3 heteroatoms. The second-order valence-electron chi connectivity index (χ2n) is 1.87. The average Bonchev–Trinajstić information content (AvgIpc) is 2.37. The van der Waals surface area contributed by atoms with Gasteiger partial charge in [0.2, 0.25) is 0 Å². The summed E-state index contributed by atoms with van der Waals surface area (Å²) in [5.41, 5.74) is 0. The van der Waals surface area contributed by atoms with Crippen LogP contribution in [-0.4, -0.2) is 9.55 Å². The van der Waals surface area contributed by atoms with Crippen molar-refractivity contribution in [1.29, 1.82) is 0 Å². The molecule has 0 spiro atoms. The lowest BCUT2D eigenvalue weighted by atomic mass is 10.4. The Morgan fingerprint density at radius 3 is 3.00 bits per heavy atom. The van der Waals surface area contributed by atoms with E-state index in [1.807, 2.05) is 6.92 Å². The molecule has 0 aliphatic carbocycles. The molecule has 1 rings (SSSR count). The van der Waals surface area contributed by atoms with Crippen LogP contribution in [0, 0.1) is 0 Å². The normalized spacial score (nSPS) is 13.6. The third-order valence-electron chi connectivity index (χ3n) is 1.21. The minimum Gasteiger partial charge on any atom is -0.308 e. The van der Waals surface area contributed by atoms with Crippen LogP contribution in [0.25, 0.3) is 0 Å². The zero-order valence-electron chi connectivity index (χ0n) is 5.32. The second-order valence-corrected chi connectivity index (χ2v) is 1.87. The molecule has 49 valence electrons. The van der Waals surface area contributed by atoms with Crippen LogP contribution in [0.5, 0.6) is 0 Å². The van der Waals surface area contributed by atoms with Gasteiger partial charge in [-0.15, -0.1) is 0 Å². The Kier molecular flexibility index (Phi) is 1.85. The van der Waals surface area contributed by atoms with Crippen molar-refractivity contribution in [1.82, 2.24) is 9.55 Å². The Morgan fingerprint density at radius 2 is 2.56 bits per heavy atom. The standard InChI is InChI=1S/C6H9N2O/c1-2-6(9)8-4-3-7-5-8/h3-6H,2H2,1H3. The molecule has 9 heavy (non-hydrogen) atoms. The highest BCUT2D eigenvalue weighted by Gasteiger charge is 2.01. The van der Waals surface area contributed by atoms with Gasteiger partial charge in [-0.1, -0.05) is 6.92 Å². The maximum atomic E-state index is 10.9. The summed E-state index contributed by atoms with van der Waals surface area (Å²) in [7, 11) is 0. The zero-order chi connectivity index (χ0) is 6.69. The number of rotatable bonds is 2. The zero-order valence-corrected chi connectivity index (χ0v) is 5.32. The van der Waals surface area contributed by atoms with E-state index in [0.29, 0.717) is 6.42 Å². The number of nitrogens with zero attached hydrogens (tertiary/aromatic N) is 2. The highest BCUT2D eigenvalue weighted by molar-refractivity contribution is 4.75. The number of hydrogen-bond acceptors (Lipinski definition) is 1. The first-order chi connectivity index (χ1) is 4.34.